The van der Waals surface area contributed by atoms with Crippen molar-refractivity contribution < 1.29 is 37.7 Å². The van der Waals surface area contributed by atoms with E-state index >= 15 is 0 Å². The number of aldehydes is 1. The number of aromatic nitrogens is 1. The lowest BCUT2D eigenvalue weighted by Crippen LogP contribution is -2.59. The van der Waals surface area contributed by atoms with E-state index in [1.54, 1.807) is 17.0 Å². The van der Waals surface area contributed by atoms with E-state index in [2.05, 4.69) is 33.5 Å². The molecule has 2 aromatic rings. The highest BCUT2D eigenvalue weighted by Gasteiger charge is 2.50. The number of hydrogen-bond acceptors (Lipinski definition) is 8. The average molecular weight is 713 g/mol. The van der Waals surface area contributed by atoms with E-state index in [0.29, 0.717) is 31.7 Å². The number of ether oxygens (including phenoxy) is 5. The van der Waals surface area contributed by atoms with Crippen molar-refractivity contribution in [3.05, 3.63) is 53.0 Å². The molecule has 3 heterocycles. The predicted octanol–water partition coefficient (Wildman–Crippen LogP) is 8.91. The van der Waals surface area contributed by atoms with Crippen LogP contribution in [0.2, 0.25) is 25.7 Å². The third-order valence-corrected chi connectivity index (χ3v) is 10.3. The normalized spacial score (nSPS) is 19.8. The van der Waals surface area contributed by atoms with Crippen molar-refractivity contribution >= 4 is 32.3 Å². The molecule has 1 saturated heterocycles. The summed E-state index contributed by atoms with van der Waals surface area (Å²) < 4.78 is 45.0. The van der Waals surface area contributed by atoms with Crippen LogP contribution in [0.15, 0.2) is 30.3 Å². The van der Waals surface area contributed by atoms with Gasteiger partial charge in [-0.15, -0.1) is 0 Å². The molecule has 0 unspecified atom stereocenters. The summed E-state index contributed by atoms with van der Waals surface area (Å²) in [4.78, 5) is 33.0. The molecule has 0 radical (unpaired) electrons. The van der Waals surface area contributed by atoms with Crippen LogP contribution in [0.1, 0.15) is 91.0 Å². The van der Waals surface area contributed by atoms with Crippen LogP contribution < -0.4 is 4.90 Å². The first-order valence-electron chi connectivity index (χ1n) is 18.0. The molecule has 11 heteroatoms. The van der Waals surface area contributed by atoms with Crippen LogP contribution in [0.3, 0.4) is 0 Å². The van der Waals surface area contributed by atoms with Gasteiger partial charge in [-0.05, 0) is 89.6 Å². The minimum Gasteiger partial charge on any atom is -0.449 e. The molecular formula is C39H57FN2O7Si. The predicted molar refractivity (Wildman–Crippen MR) is 198 cm³/mol. The molecule has 2 aliphatic heterocycles. The van der Waals surface area contributed by atoms with Crippen molar-refractivity contribution in [2.45, 2.75) is 142 Å². The van der Waals surface area contributed by atoms with E-state index in [1.165, 1.54) is 12.1 Å². The van der Waals surface area contributed by atoms with Gasteiger partial charge in [0.15, 0.2) is 12.1 Å². The molecule has 50 heavy (non-hydrogen) atoms. The van der Waals surface area contributed by atoms with Gasteiger partial charge in [-0.3, -0.25) is 9.69 Å². The van der Waals surface area contributed by atoms with E-state index in [0.717, 1.165) is 40.4 Å². The fourth-order valence-electron chi connectivity index (χ4n) is 6.54. The van der Waals surface area contributed by atoms with Crippen molar-refractivity contribution in [3.63, 3.8) is 0 Å². The third-order valence-electron chi connectivity index (χ3n) is 8.62. The number of benzene rings is 1. The summed E-state index contributed by atoms with van der Waals surface area (Å²) >= 11 is 0. The highest BCUT2D eigenvalue weighted by molar-refractivity contribution is 6.76. The van der Waals surface area contributed by atoms with Crippen molar-refractivity contribution in [2.24, 2.45) is 0 Å². The van der Waals surface area contributed by atoms with Gasteiger partial charge in [0.05, 0.1) is 30.6 Å². The van der Waals surface area contributed by atoms with Gasteiger partial charge < -0.3 is 23.7 Å². The minimum absolute atomic E-state index is 0.0211. The van der Waals surface area contributed by atoms with Crippen molar-refractivity contribution in [1.29, 1.82) is 0 Å². The molecule has 0 N–H and O–H groups in total. The Balaban J connectivity index is 1.82. The van der Waals surface area contributed by atoms with E-state index in [1.807, 2.05) is 53.7 Å². The molecule has 0 bridgehead atoms. The number of rotatable bonds is 13. The third kappa shape index (κ3) is 9.88. The van der Waals surface area contributed by atoms with Crippen molar-refractivity contribution in [1.82, 2.24) is 4.98 Å². The first-order valence-corrected chi connectivity index (χ1v) is 21.7. The zero-order valence-corrected chi connectivity index (χ0v) is 32.8. The standard InChI is InChI=1S/C39H57FN2O7Si/c1-25(2)35-31(19-18-30-23-33(49-38(7,8)48-30)39(24-43,46-26(3)4)47-27(5)6)34(28-14-16-29(40)17-15-28)32-13-12-20-42(36(32)41-35)37(44)45-21-22-50(9,10)11/h14-19,24-27,30,33H,12-13,20-23H2,1-11H3/b19-18+/t30-,33-/m1/s1. The van der Waals surface area contributed by atoms with Crippen LogP contribution in [0.25, 0.3) is 17.2 Å². The molecule has 4 rings (SSSR count). The topological polar surface area (TPSA) is 96.4 Å². The Morgan fingerprint density at radius 2 is 1.72 bits per heavy atom. The van der Waals surface area contributed by atoms with Gasteiger partial charge in [-0.25, -0.2) is 14.2 Å². The Kier molecular flexibility index (Phi) is 12.9. The Labute approximate surface area is 298 Å². The molecule has 1 aromatic heterocycles. The monoisotopic (exact) mass is 712 g/mol. The second-order valence-corrected chi connectivity index (χ2v) is 21.5. The number of pyridine rings is 1. The molecule has 9 nitrogen and oxygen atoms in total. The Morgan fingerprint density at radius 3 is 2.28 bits per heavy atom. The zero-order valence-electron chi connectivity index (χ0n) is 31.8. The Bertz CT molecular complexity index is 1510. The van der Waals surface area contributed by atoms with E-state index < -0.39 is 37.9 Å². The SMILES string of the molecule is CC(C)OC(C=O)(OC(C)C)[C@H]1C[C@@H](/C=C/c2c(C(C)C)nc3c(c2-c2ccc(F)cc2)CCCN3C(=O)OCC[Si](C)(C)C)OC(C)(C)O1. The summed E-state index contributed by atoms with van der Waals surface area (Å²) in [6.07, 6.45) is 4.14. The van der Waals surface area contributed by atoms with E-state index in [-0.39, 0.29) is 30.4 Å². The van der Waals surface area contributed by atoms with E-state index in [4.69, 9.17) is 28.7 Å². The fraction of sp³-hybridized carbons (Fsp3) is 0.615. The molecule has 276 valence electrons. The summed E-state index contributed by atoms with van der Waals surface area (Å²) in [7, 11) is -1.40. The van der Waals surface area contributed by atoms with Crippen LogP contribution in [-0.4, -0.2) is 74.6 Å². The number of fused-ring (bicyclic) bond motifs is 1. The van der Waals surface area contributed by atoms with Crippen LogP contribution in [0.4, 0.5) is 15.0 Å². The summed E-state index contributed by atoms with van der Waals surface area (Å²) in [5, 5.41) is 0. The first kappa shape index (κ1) is 39.8. The van der Waals surface area contributed by atoms with Crippen molar-refractivity contribution in [3.8, 4) is 11.1 Å². The van der Waals surface area contributed by atoms with Crippen LogP contribution in [0.5, 0.6) is 0 Å². The fourth-order valence-corrected chi connectivity index (χ4v) is 7.25. The first-order chi connectivity index (χ1) is 23.3. The lowest BCUT2D eigenvalue weighted by atomic mass is 9.87. The van der Waals surface area contributed by atoms with Gasteiger partial charge in [0.2, 0.25) is 0 Å². The lowest BCUT2D eigenvalue weighted by molar-refractivity contribution is -0.365. The molecule has 0 aliphatic carbocycles. The Morgan fingerprint density at radius 1 is 1.08 bits per heavy atom. The highest BCUT2D eigenvalue weighted by atomic mass is 28.3. The average Bonchev–Trinajstić information content (AvgIpc) is 3.01. The maximum Gasteiger partial charge on any atom is 0.415 e. The quantitative estimate of drug-likeness (QED) is 0.115. The number of amides is 1. The maximum atomic E-state index is 14.2. The Hall–Kier alpha value is -2.96. The minimum atomic E-state index is -1.63. The molecule has 1 fully saturated rings. The van der Waals surface area contributed by atoms with Gasteiger partial charge in [-0.1, -0.05) is 57.8 Å². The van der Waals surface area contributed by atoms with Crippen molar-refractivity contribution in [2.75, 3.05) is 18.1 Å². The molecule has 0 saturated carbocycles. The molecule has 2 atom stereocenters. The number of carbonyl (C=O) groups excluding carboxylic acids is 2. The van der Waals surface area contributed by atoms with Gasteiger partial charge >= 0.3 is 6.09 Å². The second-order valence-electron chi connectivity index (χ2n) is 15.9. The van der Waals surface area contributed by atoms with Gasteiger partial charge in [0.25, 0.3) is 5.79 Å². The van der Waals surface area contributed by atoms with E-state index in [9.17, 15) is 14.0 Å². The number of hydrogen-bond donors (Lipinski definition) is 0. The number of carbonyl (C=O) groups is 2. The summed E-state index contributed by atoms with van der Waals surface area (Å²) in [6, 6.07) is 7.32. The van der Waals surface area contributed by atoms with Crippen LogP contribution >= 0.6 is 0 Å². The second kappa shape index (κ2) is 16.2. The summed E-state index contributed by atoms with van der Waals surface area (Å²) in [6.45, 7) is 22.8. The van der Waals surface area contributed by atoms with Crippen LogP contribution in [0, 0.1) is 5.82 Å². The summed E-state index contributed by atoms with van der Waals surface area (Å²) in [5.41, 5.74) is 4.28. The highest BCUT2D eigenvalue weighted by Crippen LogP contribution is 2.42. The molecule has 1 aromatic carbocycles. The number of nitrogens with zero attached hydrogens (tertiary/aromatic N) is 2. The molecule has 2 aliphatic rings. The lowest BCUT2D eigenvalue weighted by Gasteiger charge is -2.46. The number of anilines is 1. The molecule has 0 spiro atoms. The summed E-state index contributed by atoms with van der Waals surface area (Å²) in [5.74, 6) is -2.45. The molecular weight excluding hydrogens is 656 g/mol. The van der Waals surface area contributed by atoms with Crippen LogP contribution in [-0.2, 0) is 34.9 Å². The van der Waals surface area contributed by atoms with Gasteiger partial charge in [0.1, 0.15) is 17.7 Å². The molecule has 1 amide bonds. The van der Waals surface area contributed by atoms with Gasteiger partial charge in [-0.2, -0.15) is 0 Å². The largest absolute Gasteiger partial charge is 0.449 e. The smallest absolute Gasteiger partial charge is 0.415 e. The maximum absolute atomic E-state index is 14.2. The van der Waals surface area contributed by atoms with Gasteiger partial charge in [0, 0.05) is 32.2 Å². The number of halogens is 1. The zero-order chi connectivity index (χ0) is 37.0.